The maximum atomic E-state index is 12.3. The number of rotatable bonds is 4. The van der Waals surface area contributed by atoms with E-state index in [0.29, 0.717) is 12.3 Å². The van der Waals surface area contributed by atoms with E-state index in [2.05, 4.69) is 10.2 Å². The summed E-state index contributed by atoms with van der Waals surface area (Å²) in [6, 6.07) is 11.3. The van der Waals surface area contributed by atoms with Crippen LogP contribution in [0.4, 0.5) is 0 Å². The summed E-state index contributed by atoms with van der Waals surface area (Å²) in [5, 5.41) is 6.97. The molecule has 0 radical (unpaired) electrons. The molecule has 3 rings (SSSR count). The van der Waals surface area contributed by atoms with E-state index in [1.54, 1.807) is 6.07 Å². The molecular weight excluding hydrogens is 286 g/mol. The summed E-state index contributed by atoms with van der Waals surface area (Å²) in [6.07, 6.45) is 0. The van der Waals surface area contributed by atoms with Crippen LogP contribution in [0.3, 0.4) is 0 Å². The van der Waals surface area contributed by atoms with Crippen molar-refractivity contribution in [3.8, 4) is 5.75 Å². The number of amides is 1. The third kappa shape index (κ3) is 3.58. The van der Waals surface area contributed by atoms with Crippen LogP contribution >= 0.6 is 11.8 Å². The van der Waals surface area contributed by atoms with Gasteiger partial charge in [0.2, 0.25) is 0 Å². The predicted molar refractivity (Wildman–Crippen MR) is 82.6 cm³/mol. The van der Waals surface area contributed by atoms with Crippen molar-refractivity contribution in [1.29, 1.82) is 0 Å². The normalized spacial score (nSPS) is 15.0. The highest BCUT2D eigenvalue weighted by atomic mass is 32.2. The second-order valence-electron chi connectivity index (χ2n) is 4.78. The van der Waals surface area contributed by atoms with Crippen LogP contribution in [0.1, 0.15) is 16.2 Å². The van der Waals surface area contributed by atoms with E-state index < -0.39 is 0 Å². The summed E-state index contributed by atoms with van der Waals surface area (Å²) in [5.41, 5.74) is 1.27. The lowest BCUT2D eigenvalue weighted by atomic mass is 10.3. The van der Waals surface area contributed by atoms with Gasteiger partial charge in [0, 0.05) is 24.6 Å². The molecule has 21 heavy (non-hydrogen) atoms. The molecule has 2 heterocycles. The first-order chi connectivity index (χ1) is 10.3. The number of benzene rings is 1. The maximum Gasteiger partial charge on any atom is 0.274 e. The van der Waals surface area contributed by atoms with E-state index in [0.717, 1.165) is 36.0 Å². The number of thioether (sulfide) groups is 1. The zero-order valence-electron chi connectivity index (χ0n) is 11.6. The minimum Gasteiger partial charge on any atom is -0.487 e. The Kier molecular flexibility index (Phi) is 4.45. The fourth-order valence-corrected chi connectivity index (χ4v) is 3.05. The van der Waals surface area contributed by atoms with Crippen LogP contribution in [-0.4, -0.2) is 45.6 Å². The van der Waals surface area contributed by atoms with E-state index in [1.165, 1.54) is 0 Å². The van der Waals surface area contributed by atoms with Gasteiger partial charge in [-0.1, -0.05) is 18.2 Å². The Morgan fingerprint density at radius 1 is 1.29 bits per heavy atom. The van der Waals surface area contributed by atoms with E-state index in [4.69, 9.17) is 4.74 Å². The zero-order chi connectivity index (χ0) is 14.5. The Morgan fingerprint density at radius 2 is 2.05 bits per heavy atom. The molecule has 1 fully saturated rings. The Labute approximate surface area is 127 Å². The van der Waals surface area contributed by atoms with Crippen molar-refractivity contribution in [3.63, 3.8) is 0 Å². The van der Waals surface area contributed by atoms with Crippen LogP contribution in [0.5, 0.6) is 5.75 Å². The number of carbonyl (C=O) groups is 1. The molecule has 0 saturated carbocycles. The first-order valence-corrected chi connectivity index (χ1v) is 8.07. The largest absolute Gasteiger partial charge is 0.487 e. The average molecular weight is 303 g/mol. The fourth-order valence-electron chi connectivity index (χ4n) is 2.15. The number of para-hydroxylation sites is 1. The van der Waals surface area contributed by atoms with Gasteiger partial charge in [0.1, 0.15) is 12.4 Å². The van der Waals surface area contributed by atoms with Gasteiger partial charge in [0.15, 0.2) is 5.69 Å². The highest BCUT2D eigenvalue weighted by Gasteiger charge is 2.20. The Bertz CT molecular complexity index is 594. The third-order valence-corrected chi connectivity index (χ3v) is 4.23. The molecule has 1 amide bonds. The molecule has 1 aromatic heterocycles. The Morgan fingerprint density at radius 3 is 2.81 bits per heavy atom. The van der Waals surface area contributed by atoms with Gasteiger partial charge in [-0.15, -0.1) is 0 Å². The van der Waals surface area contributed by atoms with Crippen molar-refractivity contribution in [1.82, 2.24) is 15.1 Å². The molecule has 1 saturated heterocycles. The molecule has 0 spiro atoms. The number of hydrogen-bond donors (Lipinski definition) is 1. The SMILES string of the molecule is O=C(c1cc(COc2ccccc2)[nH]n1)N1CCSCC1. The van der Waals surface area contributed by atoms with Gasteiger partial charge < -0.3 is 9.64 Å². The number of carbonyl (C=O) groups excluding carboxylic acids is 1. The molecule has 110 valence electrons. The number of nitrogens with one attached hydrogen (secondary N) is 1. The number of hydrogen-bond acceptors (Lipinski definition) is 4. The van der Waals surface area contributed by atoms with Gasteiger partial charge in [-0.05, 0) is 18.2 Å². The van der Waals surface area contributed by atoms with E-state index in [9.17, 15) is 4.79 Å². The van der Waals surface area contributed by atoms with E-state index >= 15 is 0 Å². The average Bonchev–Trinajstić information content (AvgIpc) is 3.03. The molecule has 6 heteroatoms. The lowest BCUT2D eigenvalue weighted by molar-refractivity contribution is 0.0766. The van der Waals surface area contributed by atoms with Crippen LogP contribution in [0, 0.1) is 0 Å². The van der Waals surface area contributed by atoms with Crippen molar-refractivity contribution < 1.29 is 9.53 Å². The standard InChI is InChI=1S/C15H17N3O2S/c19-15(18-6-8-21-9-7-18)14-10-12(16-17-14)11-20-13-4-2-1-3-5-13/h1-5,10H,6-9,11H2,(H,16,17). The van der Waals surface area contributed by atoms with Gasteiger partial charge >= 0.3 is 0 Å². The van der Waals surface area contributed by atoms with Crippen LogP contribution in [0.25, 0.3) is 0 Å². The molecule has 1 N–H and O–H groups in total. The molecule has 2 aromatic rings. The molecular formula is C15H17N3O2S. The van der Waals surface area contributed by atoms with Crippen LogP contribution in [-0.2, 0) is 6.61 Å². The Hall–Kier alpha value is -1.95. The molecule has 0 aliphatic carbocycles. The van der Waals surface area contributed by atoms with Crippen molar-refractivity contribution in [2.75, 3.05) is 24.6 Å². The maximum absolute atomic E-state index is 12.3. The Balaban J connectivity index is 1.59. The van der Waals surface area contributed by atoms with Crippen LogP contribution < -0.4 is 4.74 Å². The highest BCUT2D eigenvalue weighted by molar-refractivity contribution is 7.99. The predicted octanol–water partition coefficient (Wildman–Crippen LogP) is 2.18. The lowest BCUT2D eigenvalue weighted by Gasteiger charge is -2.25. The summed E-state index contributed by atoms with van der Waals surface area (Å²) in [4.78, 5) is 14.1. The number of H-pyrrole nitrogens is 1. The third-order valence-electron chi connectivity index (χ3n) is 3.29. The summed E-state index contributed by atoms with van der Waals surface area (Å²) in [6.45, 7) is 1.97. The first kappa shape index (κ1) is 14.0. The smallest absolute Gasteiger partial charge is 0.274 e. The first-order valence-electron chi connectivity index (χ1n) is 6.92. The molecule has 0 bridgehead atoms. The van der Waals surface area contributed by atoms with Crippen LogP contribution in [0.15, 0.2) is 36.4 Å². The van der Waals surface area contributed by atoms with Gasteiger partial charge in [-0.25, -0.2) is 0 Å². The van der Waals surface area contributed by atoms with Crippen molar-refractivity contribution in [3.05, 3.63) is 47.8 Å². The second-order valence-corrected chi connectivity index (χ2v) is 6.01. The summed E-state index contributed by atoms with van der Waals surface area (Å²) >= 11 is 1.88. The van der Waals surface area contributed by atoms with E-state index in [1.807, 2.05) is 47.0 Å². The van der Waals surface area contributed by atoms with Gasteiger partial charge in [-0.2, -0.15) is 16.9 Å². The quantitative estimate of drug-likeness (QED) is 0.940. The number of ether oxygens (including phenoxy) is 1. The highest BCUT2D eigenvalue weighted by Crippen LogP contribution is 2.14. The zero-order valence-corrected chi connectivity index (χ0v) is 12.4. The van der Waals surface area contributed by atoms with Crippen molar-refractivity contribution in [2.24, 2.45) is 0 Å². The number of aromatic nitrogens is 2. The monoisotopic (exact) mass is 303 g/mol. The van der Waals surface area contributed by atoms with Crippen LogP contribution in [0.2, 0.25) is 0 Å². The molecule has 1 aliphatic heterocycles. The number of aromatic amines is 1. The van der Waals surface area contributed by atoms with Crippen molar-refractivity contribution in [2.45, 2.75) is 6.61 Å². The molecule has 5 nitrogen and oxygen atoms in total. The van der Waals surface area contributed by atoms with Gasteiger partial charge in [-0.3, -0.25) is 9.89 Å². The summed E-state index contributed by atoms with van der Waals surface area (Å²) < 4.78 is 5.63. The molecule has 0 atom stereocenters. The minimum atomic E-state index is -0.00230. The number of nitrogens with zero attached hydrogens (tertiary/aromatic N) is 2. The summed E-state index contributed by atoms with van der Waals surface area (Å²) in [7, 11) is 0. The molecule has 0 unspecified atom stereocenters. The minimum absolute atomic E-state index is 0.00230. The van der Waals surface area contributed by atoms with Crippen molar-refractivity contribution >= 4 is 17.7 Å². The summed E-state index contributed by atoms with van der Waals surface area (Å²) in [5.74, 6) is 2.80. The lowest BCUT2D eigenvalue weighted by Crippen LogP contribution is -2.38. The fraction of sp³-hybridized carbons (Fsp3) is 0.333. The van der Waals surface area contributed by atoms with Gasteiger partial charge in [0.05, 0.1) is 5.69 Å². The molecule has 1 aromatic carbocycles. The van der Waals surface area contributed by atoms with E-state index in [-0.39, 0.29) is 5.91 Å². The topological polar surface area (TPSA) is 58.2 Å². The second kappa shape index (κ2) is 6.67. The van der Waals surface area contributed by atoms with Gasteiger partial charge in [0.25, 0.3) is 5.91 Å². The molecule has 1 aliphatic rings.